The fraction of sp³-hybridized carbons (Fsp3) is 0. The molecular formula is C4H8Cl2N4O. The molecule has 5 N–H and O–H groups in total. The van der Waals surface area contributed by atoms with Crippen molar-refractivity contribution in [3.8, 4) is 0 Å². The van der Waals surface area contributed by atoms with Crippen LogP contribution in [0.3, 0.4) is 0 Å². The maximum Gasteiger partial charge on any atom is 0.275 e. The summed E-state index contributed by atoms with van der Waals surface area (Å²) in [4.78, 5) is 16.3. The molecule has 1 rings (SSSR count). The second-order valence-corrected chi connectivity index (χ2v) is 1.55. The van der Waals surface area contributed by atoms with Crippen molar-refractivity contribution < 1.29 is 0 Å². The van der Waals surface area contributed by atoms with Crippen LogP contribution in [0.15, 0.2) is 11.0 Å². The Bertz CT molecular complexity index is 273. The summed E-state index contributed by atoms with van der Waals surface area (Å²) in [5.74, 6) is 0.0780. The third-order valence-corrected chi connectivity index (χ3v) is 0.847. The highest BCUT2D eigenvalue weighted by atomic mass is 35.5. The van der Waals surface area contributed by atoms with Crippen LogP contribution in [0.4, 0.5) is 11.6 Å². The van der Waals surface area contributed by atoms with E-state index in [0.717, 1.165) is 0 Å². The second kappa shape index (κ2) is 4.81. The quantitative estimate of drug-likeness (QED) is 0.537. The molecule has 1 heterocycles. The average molecular weight is 199 g/mol. The summed E-state index contributed by atoms with van der Waals surface area (Å²) < 4.78 is 0. The number of aromatic amines is 1. The van der Waals surface area contributed by atoms with E-state index in [4.69, 9.17) is 11.5 Å². The highest BCUT2D eigenvalue weighted by Crippen LogP contribution is 1.87. The Kier molecular flexibility index (Phi) is 5.56. The van der Waals surface area contributed by atoms with Gasteiger partial charge in [-0.05, 0) is 0 Å². The van der Waals surface area contributed by atoms with Gasteiger partial charge in [0.05, 0.1) is 6.20 Å². The second-order valence-electron chi connectivity index (χ2n) is 1.55. The molecule has 0 atom stereocenters. The molecule has 0 radical (unpaired) electrons. The van der Waals surface area contributed by atoms with E-state index in [0.29, 0.717) is 0 Å². The Morgan fingerprint density at radius 1 is 1.36 bits per heavy atom. The van der Waals surface area contributed by atoms with E-state index in [1.54, 1.807) is 0 Å². The number of rotatable bonds is 0. The zero-order valence-corrected chi connectivity index (χ0v) is 7.04. The highest BCUT2D eigenvalue weighted by Gasteiger charge is 1.91. The van der Waals surface area contributed by atoms with Gasteiger partial charge in [-0.3, -0.25) is 9.78 Å². The number of aromatic nitrogens is 2. The van der Waals surface area contributed by atoms with Crippen LogP contribution in [-0.2, 0) is 0 Å². The minimum Gasteiger partial charge on any atom is -0.393 e. The van der Waals surface area contributed by atoms with Gasteiger partial charge in [0.15, 0.2) is 5.95 Å². The van der Waals surface area contributed by atoms with E-state index in [1.165, 1.54) is 6.20 Å². The van der Waals surface area contributed by atoms with Crippen LogP contribution < -0.4 is 17.0 Å². The molecule has 5 nitrogen and oxygen atoms in total. The van der Waals surface area contributed by atoms with E-state index in [2.05, 4.69) is 9.97 Å². The number of nitrogens with one attached hydrogen (secondary N) is 1. The van der Waals surface area contributed by atoms with E-state index >= 15 is 0 Å². The third-order valence-electron chi connectivity index (χ3n) is 0.847. The third kappa shape index (κ3) is 3.10. The molecular weight excluding hydrogens is 191 g/mol. The van der Waals surface area contributed by atoms with Gasteiger partial charge in [0.25, 0.3) is 5.56 Å². The molecule has 0 amide bonds. The normalized spacial score (nSPS) is 7.64. The average Bonchev–Trinajstić information content (AvgIpc) is 1.80. The first kappa shape index (κ1) is 12.7. The van der Waals surface area contributed by atoms with Crippen LogP contribution in [-0.4, -0.2) is 9.97 Å². The van der Waals surface area contributed by atoms with Gasteiger partial charge in [0, 0.05) is 0 Å². The van der Waals surface area contributed by atoms with Gasteiger partial charge in [0.2, 0.25) is 0 Å². The van der Waals surface area contributed by atoms with Gasteiger partial charge in [-0.15, -0.1) is 24.8 Å². The van der Waals surface area contributed by atoms with Crippen molar-refractivity contribution in [2.45, 2.75) is 0 Å². The Morgan fingerprint density at radius 3 is 2.27 bits per heavy atom. The predicted molar refractivity (Wildman–Crippen MR) is 48.2 cm³/mol. The van der Waals surface area contributed by atoms with Crippen molar-refractivity contribution in [1.82, 2.24) is 9.97 Å². The van der Waals surface area contributed by atoms with Crippen LogP contribution in [0.25, 0.3) is 0 Å². The van der Waals surface area contributed by atoms with Gasteiger partial charge in [-0.2, -0.15) is 0 Å². The van der Waals surface area contributed by atoms with E-state index in [9.17, 15) is 4.79 Å². The molecule has 7 heteroatoms. The SMILES string of the molecule is Cl.Cl.Nc1ncc(N)c(=O)[nH]1. The lowest BCUT2D eigenvalue weighted by molar-refractivity contribution is 1.14. The molecule has 11 heavy (non-hydrogen) atoms. The smallest absolute Gasteiger partial charge is 0.275 e. The van der Waals surface area contributed by atoms with Crippen LogP contribution >= 0.6 is 24.8 Å². The molecule has 0 fully saturated rings. The summed E-state index contributed by atoms with van der Waals surface area (Å²) in [6.45, 7) is 0. The highest BCUT2D eigenvalue weighted by molar-refractivity contribution is 5.85. The number of anilines is 2. The first-order valence-electron chi connectivity index (χ1n) is 2.30. The molecule has 0 aromatic carbocycles. The topological polar surface area (TPSA) is 97.8 Å². The fourth-order valence-electron chi connectivity index (χ4n) is 0.418. The molecule has 0 bridgehead atoms. The number of nitrogen functional groups attached to an aromatic ring is 2. The number of halogens is 2. The zero-order valence-electron chi connectivity index (χ0n) is 5.40. The first-order chi connectivity index (χ1) is 4.20. The number of nitrogens with two attached hydrogens (primary N) is 2. The number of hydrogen-bond donors (Lipinski definition) is 3. The van der Waals surface area contributed by atoms with Crippen LogP contribution in [0, 0.1) is 0 Å². The van der Waals surface area contributed by atoms with Crippen molar-refractivity contribution in [2.75, 3.05) is 11.5 Å². The molecule has 1 aromatic heterocycles. The van der Waals surface area contributed by atoms with Gasteiger partial charge in [0.1, 0.15) is 5.69 Å². The summed E-state index contributed by atoms with van der Waals surface area (Å²) in [6, 6.07) is 0. The summed E-state index contributed by atoms with van der Waals surface area (Å²) in [7, 11) is 0. The van der Waals surface area contributed by atoms with Crippen LogP contribution in [0.5, 0.6) is 0 Å². The van der Waals surface area contributed by atoms with Gasteiger partial charge >= 0.3 is 0 Å². The van der Waals surface area contributed by atoms with Crippen molar-refractivity contribution in [3.05, 3.63) is 16.6 Å². The maximum atomic E-state index is 10.5. The maximum absolute atomic E-state index is 10.5. The fourth-order valence-corrected chi connectivity index (χ4v) is 0.418. The minimum absolute atomic E-state index is 0. The Morgan fingerprint density at radius 2 is 1.91 bits per heavy atom. The number of nitrogens with zero attached hydrogens (tertiary/aromatic N) is 1. The molecule has 0 saturated heterocycles. The number of hydrogen-bond acceptors (Lipinski definition) is 4. The Balaban J connectivity index is 0. The van der Waals surface area contributed by atoms with Crippen molar-refractivity contribution in [1.29, 1.82) is 0 Å². The molecule has 0 saturated carbocycles. The molecule has 64 valence electrons. The summed E-state index contributed by atoms with van der Waals surface area (Å²) in [6.07, 6.45) is 1.22. The van der Waals surface area contributed by atoms with E-state index in [-0.39, 0.29) is 36.4 Å². The van der Waals surface area contributed by atoms with E-state index in [1.807, 2.05) is 0 Å². The molecule has 0 aliphatic carbocycles. The van der Waals surface area contributed by atoms with Crippen molar-refractivity contribution in [2.24, 2.45) is 0 Å². The van der Waals surface area contributed by atoms with Crippen LogP contribution in [0.2, 0.25) is 0 Å². The summed E-state index contributed by atoms with van der Waals surface area (Å²) in [5.41, 5.74) is 9.91. The zero-order chi connectivity index (χ0) is 6.85. The molecule has 1 aromatic rings. The lowest BCUT2D eigenvalue weighted by Gasteiger charge is -1.90. The first-order valence-corrected chi connectivity index (χ1v) is 2.30. The Labute approximate surface area is 75.0 Å². The molecule has 0 aliphatic rings. The summed E-state index contributed by atoms with van der Waals surface area (Å²) in [5, 5.41) is 0. The van der Waals surface area contributed by atoms with Crippen molar-refractivity contribution >= 4 is 36.4 Å². The standard InChI is InChI=1S/C4H6N4O.2ClH/c5-2-1-7-4(6)8-3(2)9;;/h1H,5H2,(H3,6,7,8,9);2*1H. The Hall–Kier alpha value is -0.940. The van der Waals surface area contributed by atoms with Gasteiger partial charge in [-0.1, -0.05) is 0 Å². The minimum atomic E-state index is -0.400. The molecule has 0 aliphatic heterocycles. The molecule has 0 unspecified atom stereocenters. The van der Waals surface area contributed by atoms with Gasteiger partial charge in [-0.25, -0.2) is 4.98 Å². The summed E-state index contributed by atoms with van der Waals surface area (Å²) >= 11 is 0. The lowest BCUT2D eigenvalue weighted by Crippen LogP contribution is -2.14. The monoisotopic (exact) mass is 198 g/mol. The van der Waals surface area contributed by atoms with Crippen LogP contribution in [0.1, 0.15) is 0 Å². The largest absolute Gasteiger partial charge is 0.393 e. The number of H-pyrrole nitrogens is 1. The van der Waals surface area contributed by atoms with E-state index < -0.39 is 5.56 Å². The lowest BCUT2D eigenvalue weighted by atomic mass is 10.5. The van der Waals surface area contributed by atoms with Gasteiger partial charge < -0.3 is 11.5 Å². The van der Waals surface area contributed by atoms with Crippen molar-refractivity contribution in [3.63, 3.8) is 0 Å². The molecule has 0 spiro atoms. The predicted octanol–water partition coefficient (Wildman–Crippen LogP) is -0.222.